The van der Waals surface area contributed by atoms with Crippen LogP contribution in [0.15, 0.2) is 22.7 Å². The normalized spacial score (nSPS) is 10.2. The number of carbonyl (C=O) groups excluding carboxylic acids is 1. The topological polar surface area (TPSA) is 17.1 Å². The highest BCUT2D eigenvalue weighted by Gasteiger charge is 2.05. The van der Waals surface area contributed by atoms with Crippen LogP contribution in [0.25, 0.3) is 0 Å². The molecule has 3 heteroatoms. The molecule has 0 heterocycles. The Bertz CT molecular complexity index is 336. The molecule has 1 nitrogen and oxygen atoms in total. The number of hydrogen-bond donors (Lipinski definition) is 0. The van der Waals surface area contributed by atoms with Crippen molar-refractivity contribution in [2.75, 3.05) is 5.88 Å². The van der Waals surface area contributed by atoms with Gasteiger partial charge in [-0.25, -0.2) is 0 Å². The van der Waals surface area contributed by atoms with Crippen LogP contribution in [0.2, 0.25) is 0 Å². The molecule has 0 radical (unpaired) electrons. The number of carbonyl (C=O) groups is 1. The molecule has 1 aromatic rings. The minimum atomic E-state index is 0.199. The third-order valence-corrected chi connectivity index (χ3v) is 2.75. The molecule has 0 fully saturated rings. The Balaban J connectivity index is 2.72. The number of benzene rings is 1. The molecule has 0 amide bonds. The maximum Gasteiger partial charge on any atom is 0.138 e. The predicted octanol–water partition coefficient (Wildman–Crippen LogP) is 3.50. The first kappa shape index (κ1) is 11.7. The lowest BCUT2D eigenvalue weighted by atomic mass is 10.0. The van der Waals surface area contributed by atoms with Crippen molar-refractivity contribution in [3.63, 3.8) is 0 Å². The number of Topliss-reactive ketones (excluding diaryl/α,β-unsaturated/α-hetero) is 1. The van der Waals surface area contributed by atoms with Crippen molar-refractivity contribution in [2.24, 2.45) is 0 Å². The van der Waals surface area contributed by atoms with Crippen molar-refractivity contribution in [1.29, 1.82) is 0 Å². The van der Waals surface area contributed by atoms with E-state index in [2.05, 4.69) is 15.9 Å². The predicted molar refractivity (Wildman–Crippen MR) is 62.9 cm³/mol. The van der Waals surface area contributed by atoms with Gasteiger partial charge in [-0.05, 0) is 30.2 Å². The third kappa shape index (κ3) is 3.43. The monoisotopic (exact) mass is 274 g/mol. The second-order valence-corrected chi connectivity index (χ2v) is 4.52. The molecule has 1 aromatic carbocycles. The van der Waals surface area contributed by atoms with Crippen molar-refractivity contribution in [1.82, 2.24) is 0 Å². The summed E-state index contributed by atoms with van der Waals surface area (Å²) in [6, 6.07) is 5.95. The van der Waals surface area contributed by atoms with Gasteiger partial charge in [0.1, 0.15) is 5.78 Å². The van der Waals surface area contributed by atoms with Crippen LogP contribution in [0.5, 0.6) is 0 Å². The first-order valence-corrected chi connectivity index (χ1v) is 5.79. The SMILES string of the molecule is Cc1cc(Br)ccc1CC(=O)CCCl. The van der Waals surface area contributed by atoms with Gasteiger partial charge in [0.2, 0.25) is 0 Å². The van der Waals surface area contributed by atoms with Crippen molar-refractivity contribution in [3.8, 4) is 0 Å². The Hall–Kier alpha value is -0.340. The lowest BCUT2D eigenvalue weighted by Crippen LogP contribution is -2.04. The zero-order chi connectivity index (χ0) is 10.6. The maximum absolute atomic E-state index is 11.4. The van der Waals surface area contributed by atoms with Gasteiger partial charge in [-0.15, -0.1) is 11.6 Å². The number of halogens is 2. The van der Waals surface area contributed by atoms with E-state index in [0.29, 0.717) is 18.7 Å². The number of rotatable bonds is 4. The summed E-state index contributed by atoms with van der Waals surface area (Å²) in [7, 11) is 0. The lowest BCUT2D eigenvalue weighted by Gasteiger charge is -2.04. The molecule has 0 saturated carbocycles. The van der Waals surface area contributed by atoms with Gasteiger partial charge in [-0.3, -0.25) is 4.79 Å². The van der Waals surface area contributed by atoms with Gasteiger partial charge in [-0.2, -0.15) is 0 Å². The van der Waals surface area contributed by atoms with Gasteiger partial charge in [0.05, 0.1) is 0 Å². The fourth-order valence-corrected chi connectivity index (χ4v) is 1.95. The Labute approximate surface area is 97.6 Å². The summed E-state index contributed by atoms with van der Waals surface area (Å²) in [6.07, 6.45) is 0.947. The molecule has 0 spiro atoms. The summed E-state index contributed by atoms with van der Waals surface area (Å²) in [5.74, 6) is 0.611. The molecule has 0 saturated heterocycles. The van der Waals surface area contributed by atoms with Crippen LogP contribution >= 0.6 is 27.5 Å². The molecular formula is C11H12BrClO. The molecule has 0 N–H and O–H groups in total. The van der Waals surface area contributed by atoms with E-state index < -0.39 is 0 Å². The van der Waals surface area contributed by atoms with Crippen LogP contribution in [0.1, 0.15) is 17.5 Å². The first-order valence-electron chi connectivity index (χ1n) is 4.46. The zero-order valence-corrected chi connectivity index (χ0v) is 10.4. The highest BCUT2D eigenvalue weighted by atomic mass is 79.9. The van der Waals surface area contributed by atoms with Crippen LogP contribution < -0.4 is 0 Å². The molecule has 1 rings (SSSR count). The fraction of sp³-hybridized carbons (Fsp3) is 0.364. The quantitative estimate of drug-likeness (QED) is 0.769. The van der Waals surface area contributed by atoms with Gasteiger partial charge in [-0.1, -0.05) is 22.0 Å². The lowest BCUT2D eigenvalue weighted by molar-refractivity contribution is -0.118. The summed E-state index contributed by atoms with van der Waals surface area (Å²) in [5, 5.41) is 0. The summed E-state index contributed by atoms with van der Waals surface area (Å²) < 4.78 is 1.04. The van der Waals surface area contributed by atoms with Crippen LogP contribution in [0.3, 0.4) is 0 Å². The minimum absolute atomic E-state index is 0.199. The Kier molecular flexibility index (Phi) is 4.63. The van der Waals surface area contributed by atoms with Crippen molar-refractivity contribution >= 4 is 33.3 Å². The largest absolute Gasteiger partial charge is 0.299 e. The number of alkyl halides is 1. The fourth-order valence-electron chi connectivity index (χ4n) is 1.26. The molecule has 0 aliphatic heterocycles. The van der Waals surface area contributed by atoms with Gasteiger partial charge in [0.25, 0.3) is 0 Å². The molecule has 0 atom stereocenters. The second-order valence-electron chi connectivity index (χ2n) is 3.23. The number of aryl methyl sites for hydroxylation is 1. The van der Waals surface area contributed by atoms with Gasteiger partial charge < -0.3 is 0 Å². The van der Waals surface area contributed by atoms with Crippen molar-refractivity contribution in [2.45, 2.75) is 19.8 Å². The van der Waals surface area contributed by atoms with E-state index in [1.165, 1.54) is 0 Å². The summed E-state index contributed by atoms with van der Waals surface area (Å²) in [5.41, 5.74) is 2.23. The summed E-state index contributed by atoms with van der Waals surface area (Å²) in [6.45, 7) is 2.01. The van der Waals surface area contributed by atoms with E-state index in [1.807, 2.05) is 25.1 Å². The number of hydrogen-bond acceptors (Lipinski definition) is 1. The van der Waals surface area contributed by atoms with E-state index in [4.69, 9.17) is 11.6 Å². The summed E-state index contributed by atoms with van der Waals surface area (Å²) in [4.78, 5) is 11.4. The molecule has 0 bridgehead atoms. The summed E-state index contributed by atoms with van der Waals surface area (Å²) >= 11 is 8.89. The van der Waals surface area contributed by atoms with E-state index in [0.717, 1.165) is 15.6 Å². The highest BCUT2D eigenvalue weighted by molar-refractivity contribution is 9.10. The minimum Gasteiger partial charge on any atom is -0.299 e. The molecular weight excluding hydrogens is 263 g/mol. The maximum atomic E-state index is 11.4. The van der Waals surface area contributed by atoms with E-state index >= 15 is 0 Å². The molecule has 0 aliphatic rings. The van der Waals surface area contributed by atoms with Crippen LogP contribution in [-0.2, 0) is 11.2 Å². The Morgan fingerprint density at radius 1 is 1.50 bits per heavy atom. The van der Waals surface area contributed by atoms with Gasteiger partial charge in [0, 0.05) is 23.2 Å². The van der Waals surface area contributed by atoms with Crippen LogP contribution in [0.4, 0.5) is 0 Å². The second kappa shape index (κ2) is 5.52. The molecule has 0 aliphatic carbocycles. The first-order chi connectivity index (χ1) is 6.63. The van der Waals surface area contributed by atoms with E-state index in [1.54, 1.807) is 0 Å². The average molecular weight is 276 g/mol. The standard InChI is InChI=1S/C11H12BrClO/c1-8-6-10(12)3-2-9(8)7-11(14)4-5-13/h2-3,6H,4-5,7H2,1H3. The number of ketones is 1. The van der Waals surface area contributed by atoms with Gasteiger partial charge >= 0.3 is 0 Å². The molecule has 76 valence electrons. The van der Waals surface area contributed by atoms with Crippen molar-refractivity contribution < 1.29 is 4.79 Å². The average Bonchev–Trinajstić information content (AvgIpc) is 2.10. The Morgan fingerprint density at radius 2 is 2.21 bits per heavy atom. The van der Waals surface area contributed by atoms with Crippen LogP contribution in [0, 0.1) is 6.92 Å². The third-order valence-electron chi connectivity index (χ3n) is 2.07. The van der Waals surface area contributed by atoms with Crippen molar-refractivity contribution in [3.05, 3.63) is 33.8 Å². The van der Waals surface area contributed by atoms with E-state index in [9.17, 15) is 4.79 Å². The molecule has 14 heavy (non-hydrogen) atoms. The molecule has 0 aromatic heterocycles. The van der Waals surface area contributed by atoms with Crippen LogP contribution in [-0.4, -0.2) is 11.7 Å². The zero-order valence-electron chi connectivity index (χ0n) is 8.02. The Morgan fingerprint density at radius 3 is 2.79 bits per heavy atom. The van der Waals surface area contributed by atoms with Gasteiger partial charge in [0.15, 0.2) is 0 Å². The smallest absolute Gasteiger partial charge is 0.138 e. The molecule has 0 unspecified atom stereocenters. The van der Waals surface area contributed by atoms with E-state index in [-0.39, 0.29) is 5.78 Å². The highest BCUT2D eigenvalue weighted by Crippen LogP contribution is 2.16.